The fraction of sp³-hybridized carbons (Fsp3) is 0.429. The third kappa shape index (κ3) is 6.22. The molecule has 0 bridgehead atoms. The molecule has 0 aromatic heterocycles. The normalized spacial score (nSPS) is 10.2. The van der Waals surface area contributed by atoms with E-state index in [4.69, 9.17) is 9.47 Å². The van der Waals surface area contributed by atoms with Crippen molar-refractivity contribution in [1.29, 1.82) is 0 Å². The second-order valence-corrected chi connectivity index (χ2v) is 3.67. The van der Waals surface area contributed by atoms with Crippen LogP contribution in [-0.4, -0.2) is 25.8 Å². The summed E-state index contributed by atoms with van der Waals surface area (Å²) in [4.78, 5) is 20.8. The van der Waals surface area contributed by atoms with Crippen LogP contribution in [0.4, 0.5) is 0 Å². The lowest BCUT2D eigenvalue weighted by Crippen LogP contribution is -2.07. The lowest BCUT2D eigenvalue weighted by molar-refractivity contribution is -0.218. The highest BCUT2D eigenvalue weighted by molar-refractivity contribution is 5.89. The van der Waals surface area contributed by atoms with Gasteiger partial charge < -0.3 is 9.47 Å². The second-order valence-electron chi connectivity index (χ2n) is 3.67. The summed E-state index contributed by atoms with van der Waals surface area (Å²) in [5, 5.41) is 0. The number of ether oxygens (including phenoxy) is 2. The maximum absolute atomic E-state index is 11.6. The molecule has 0 atom stereocenters. The molecule has 1 radical (unpaired) electrons. The Morgan fingerprint density at radius 2 is 1.95 bits per heavy atom. The zero-order chi connectivity index (χ0) is 13.9. The first kappa shape index (κ1) is 15.5. The molecular formula is C14H19O5. The zero-order valence-corrected chi connectivity index (χ0v) is 11.3. The van der Waals surface area contributed by atoms with E-state index < -0.39 is 5.97 Å². The Balaban J connectivity index is 2.25. The number of hydrogen-bond acceptors (Lipinski definition) is 5. The standard InChI is InChI=1S/C14H19O5/c1-3-9-16-10-11-18-19-14(15)12-5-7-13(8-6-12)17-4-2/h5-8,11H,3-4,9-10H2,1-2H3. The number of benzene rings is 1. The maximum atomic E-state index is 11.6. The smallest absolute Gasteiger partial charge is 0.373 e. The molecule has 0 heterocycles. The molecule has 1 aromatic rings. The van der Waals surface area contributed by atoms with Gasteiger partial charge in [0.05, 0.1) is 18.8 Å². The van der Waals surface area contributed by atoms with E-state index in [-0.39, 0.29) is 6.61 Å². The van der Waals surface area contributed by atoms with Gasteiger partial charge in [-0.25, -0.2) is 4.79 Å². The molecule has 0 aliphatic rings. The lowest BCUT2D eigenvalue weighted by atomic mass is 10.2. The molecule has 105 valence electrons. The molecule has 0 unspecified atom stereocenters. The van der Waals surface area contributed by atoms with Crippen LogP contribution in [0.15, 0.2) is 24.3 Å². The minimum absolute atomic E-state index is 0.282. The van der Waals surface area contributed by atoms with Crippen LogP contribution in [-0.2, 0) is 14.5 Å². The van der Waals surface area contributed by atoms with E-state index >= 15 is 0 Å². The Kier molecular flexibility index (Phi) is 7.62. The van der Waals surface area contributed by atoms with Gasteiger partial charge in [0, 0.05) is 6.61 Å². The SMILES string of the molecule is CCCOC[CH]OOC(=O)c1ccc(OCC)cc1. The third-order valence-corrected chi connectivity index (χ3v) is 2.13. The van der Waals surface area contributed by atoms with Crippen molar-refractivity contribution in [3.8, 4) is 5.75 Å². The molecule has 0 amide bonds. The van der Waals surface area contributed by atoms with Crippen LogP contribution in [0.2, 0.25) is 0 Å². The zero-order valence-electron chi connectivity index (χ0n) is 11.3. The van der Waals surface area contributed by atoms with Crippen molar-refractivity contribution in [2.24, 2.45) is 0 Å². The first-order chi connectivity index (χ1) is 9.27. The summed E-state index contributed by atoms with van der Waals surface area (Å²) < 4.78 is 10.4. The topological polar surface area (TPSA) is 54.0 Å². The van der Waals surface area contributed by atoms with Crippen LogP contribution in [0.3, 0.4) is 0 Å². The minimum Gasteiger partial charge on any atom is -0.494 e. The van der Waals surface area contributed by atoms with Crippen molar-refractivity contribution in [3.05, 3.63) is 36.4 Å². The predicted molar refractivity (Wildman–Crippen MR) is 69.5 cm³/mol. The molecule has 0 spiro atoms. The molecule has 19 heavy (non-hydrogen) atoms. The van der Waals surface area contributed by atoms with Gasteiger partial charge in [0.25, 0.3) is 0 Å². The largest absolute Gasteiger partial charge is 0.494 e. The van der Waals surface area contributed by atoms with Gasteiger partial charge in [0.1, 0.15) is 5.75 Å². The van der Waals surface area contributed by atoms with Crippen molar-refractivity contribution in [2.75, 3.05) is 19.8 Å². The van der Waals surface area contributed by atoms with Crippen LogP contribution >= 0.6 is 0 Å². The Morgan fingerprint density at radius 3 is 2.58 bits per heavy atom. The van der Waals surface area contributed by atoms with E-state index in [1.807, 2.05) is 13.8 Å². The summed E-state index contributed by atoms with van der Waals surface area (Å²) >= 11 is 0. The highest BCUT2D eigenvalue weighted by atomic mass is 17.2. The molecule has 0 saturated heterocycles. The van der Waals surface area contributed by atoms with Crippen molar-refractivity contribution in [2.45, 2.75) is 20.3 Å². The fourth-order valence-electron chi connectivity index (χ4n) is 1.28. The average molecular weight is 267 g/mol. The Hall–Kier alpha value is -1.59. The molecule has 0 aliphatic carbocycles. The molecule has 1 rings (SSSR count). The van der Waals surface area contributed by atoms with Crippen LogP contribution in [0, 0.1) is 6.61 Å². The molecule has 0 fully saturated rings. The van der Waals surface area contributed by atoms with E-state index in [0.29, 0.717) is 24.5 Å². The first-order valence-corrected chi connectivity index (χ1v) is 6.27. The monoisotopic (exact) mass is 267 g/mol. The van der Waals surface area contributed by atoms with Crippen molar-refractivity contribution < 1.29 is 24.0 Å². The summed E-state index contributed by atoms with van der Waals surface area (Å²) in [6.07, 6.45) is 0.930. The van der Waals surface area contributed by atoms with Crippen LogP contribution in [0.1, 0.15) is 30.6 Å². The van der Waals surface area contributed by atoms with Crippen LogP contribution < -0.4 is 4.74 Å². The fourth-order valence-corrected chi connectivity index (χ4v) is 1.28. The van der Waals surface area contributed by atoms with Crippen LogP contribution in [0.5, 0.6) is 5.75 Å². The molecular weight excluding hydrogens is 248 g/mol. The summed E-state index contributed by atoms with van der Waals surface area (Å²) in [6, 6.07) is 6.64. The van der Waals surface area contributed by atoms with Crippen molar-refractivity contribution in [1.82, 2.24) is 0 Å². The quantitative estimate of drug-likeness (QED) is 0.391. The Labute approximate surface area is 113 Å². The minimum atomic E-state index is -0.560. The number of hydrogen-bond donors (Lipinski definition) is 0. The van der Waals surface area contributed by atoms with Gasteiger partial charge in [-0.2, -0.15) is 4.89 Å². The third-order valence-electron chi connectivity index (χ3n) is 2.13. The maximum Gasteiger partial charge on any atom is 0.373 e. The number of carbonyl (C=O) groups is 1. The summed E-state index contributed by atoms with van der Waals surface area (Å²) in [5.41, 5.74) is 0.395. The predicted octanol–water partition coefficient (Wildman–Crippen LogP) is 2.76. The highest BCUT2D eigenvalue weighted by Crippen LogP contribution is 2.12. The van der Waals surface area contributed by atoms with Gasteiger partial charge in [-0.05, 0) is 37.6 Å². The lowest BCUT2D eigenvalue weighted by Gasteiger charge is -2.05. The van der Waals surface area contributed by atoms with Crippen LogP contribution in [0.25, 0.3) is 0 Å². The molecule has 0 saturated carbocycles. The summed E-state index contributed by atoms with van der Waals surface area (Å²) in [6.45, 7) is 6.71. The van der Waals surface area contributed by atoms with Gasteiger partial charge in [-0.1, -0.05) is 6.92 Å². The van der Waals surface area contributed by atoms with Crippen molar-refractivity contribution >= 4 is 5.97 Å². The van der Waals surface area contributed by atoms with E-state index in [1.165, 1.54) is 6.61 Å². The molecule has 0 aliphatic heterocycles. The van der Waals surface area contributed by atoms with Gasteiger partial charge in [-0.15, -0.1) is 0 Å². The van der Waals surface area contributed by atoms with E-state index in [2.05, 4.69) is 9.78 Å². The average Bonchev–Trinajstić information content (AvgIpc) is 2.43. The summed E-state index contributed by atoms with van der Waals surface area (Å²) in [5.74, 6) is 0.147. The van der Waals surface area contributed by atoms with Gasteiger partial charge in [0.2, 0.25) is 0 Å². The highest BCUT2D eigenvalue weighted by Gasteiger charge is 2.08. The number of carbonyl (C=O) groups excluding carboxylic acids is 1. The van der Waals surface area contributed by atoms with E-state index in [9.17, 15) is 4.79 Å². The number of rotatable bonds is 9. The summed E-state index contributed by atoms with van der Waals surface area (Å²) in [7, 11) is 0. The van der Waals surface area contributed by atoms with Gasteiger partial charge >= 0.3 is 5.97 Å². The molecule has 5 nitrogen and oxygen atoms in total. The first-order valence-electron chi connectivity index (χ1n) is 6.27. The van der Waals surface area contributed by atoms with E-state index in [0.717, 1.165) is 6.42 Å². The Bertz CT molecular complexity index is 361. The van der Waals surface area contributed by atoms with Gasteiger partial charge in [0.15, 0.2) is 6.61 Å². The van der Waals surface area contributed by atoms with E-state index in [1.54, 1.807) is 24.3 Å². The Morgan fingerprint density at radius 1 is 1.21 bits per heavy atom. The van der Waals surface area contributed by atoms with Gasteiger partial charge in [-0.3, -0.25) is 4.89 Å². The molecule has 0 N–H and O–H groups in total. The van der Waals surface area contributed by atoms with Crippen molar-refractivity contribution in [3.63, 3.8) is 0 Å². The molecule has 1 aromatic carbocycles. The molecule has 5 heteroatoms. The second kappa shape index (κ2) is 9.35.